The Morgan fingerprint density at radius 3 is 2.74 bits per heavy atom. The van der Waals surface area contributed by atoms with E-state index in [1.807, 2.05) is 12.3 Å². The first-order chi connectivity index (χ1) is 9.12. The Hall–Kier alpha value is -1.14. The lowest BCUT2D eigenvalue weighted by molar-refractivity contribution is 0.586. The van der Waals surface area contributed by atoms with Crippen LogP contribution >= 0.6 is 0 Å². The summed E-state index contributed by atoms with van der Waals surface area (Å²) in [5.74, 6) is 1.36. The second kappa shape index (κ2) is 5.09. The summed E-state index contributed by atoms with van der Waals surface area (Å²) in [6.45, 7) is 1.97. The number of nitrogens with one attached hydrogen (secondary N) is 1. The molecular weight excluding hydrogens is 262 g/mol. The van der Waals surface area contributed by atoms with E-state index in [0.29, 0.717) is 19.1 Å². The summed E-state index contributed by atoms with van der Waals surface area (Å²) < 4.78 is 22.8. The van der Waals surface area contributed by atoms with Crippen molar-refractivity contribution in [1.29, 1.82) is 0 Å². The van der Waals surface area contributed by atoms with Gasteiger partial charge in [-0.1, -0.05) is 0 Å². The van der Waals surface area contributed by atoms with Gasteiger partial charge in [-0.15, -0.1) is 0 Å². The highest BCUT2D eigenvalue weighted by Gasteiger charge is 2.23. The zero-order chi connectivity index (χ0) is 13.3. The van der Waals surface area contributed by atoms with Crippen LogP contribution in [0, 0.1) is 0 Å². The van der Waals surface area contributed by atoms with Gasteiger partial charge in [0.05, 0.1) is 11.5 Å². The van der Waals surface area contributed by atoms with E-state index < -0.39 is 9.84 Å². The van der Waals surface area contributed by atoms with Crippen molar-refractivity contribution in [2.45, 2.75) is 25.4 Å². The van der Waals surface area contributed by atoms with Crippen molar-refractivity contribution in [2.75, 3.05) is 29.5 Å². The molecule has 1 aliphatic carbocycles. The van der Waals surface area contributed by atoms with Crippen LogP contribution < -0.4 is 10.2 Å². The van der Waals surface area contributed by atoms with Crippen LogP contribution in [0.25, 0.3) is 0 Å². The van der Waals surface area contributed by atoms with Gasteiger partial charge in [0.15, 0.2) is 9.84 Å². The number of hydrogen-bond acceptors (Lipinski definition) is 5. The molecule has 0 radical (unpaired) electrons. The third-order valence-corrected chi connectivity index (χ3v) is 5.26. The number of sulfone groups is 1. The van der Waals surface area contributed by atoms with Gasteiger partial charge in [0, 0.05) is 31.9 Å². The van der Waals surface area contributed by atoms with Crippen molar-refractivity contribution in [2.24, 2.45) is 0 Å². The van der Waals surface area contributed by atoms with Crippen molar-refractivity contribution >= 4 is 15.7 Å². The normalized spacial score (nSPS) is 22.4. The number of anilines is 1. The topological polar surface area (TPSA) is 62.3 Å². The van der Waals surface area contributed by atoms with E-state index in [4.69, 9.17) is 0 Å². The minimum Gasteiger partial charge on any atom is -0.355 e. The lowest BCUT2D eigenvalue weighted by Gasteiger charge is -2.27. The Morgan fingerprint density at radius 1 is 1.32 bits per heavy atom. The maximum Gasteiger partial charge on any atom is 0.153 e. The summed E-state index contributed by atoms with van der Waals surface area (Å²) in [6, 6.07) is 4.77. The maximum atomic E-state index is 11.4. The predicted molar refractivity (Wildman–Crippen MR) is 75.0 cm³/mol. The summed E-state index contributed by atoms with van der Waals surface area (Å²) in [5, 5.41) is 3.47. The summed E-state index contributed by atoms with van der Waals surface area (Å²) in [7, 11) is -2.83. The second-order valence-corrected chi connectivity index (χ2v) is 7.62. The van der Waals surface area contributed by atoms with Crippen LogP contribution in [-0.2, 0) is 16.4 Å². The molecule has 0 amide bonds. The first-order valence-electron chi connectivity index (χ1n) is 6.76. The lowest BCUT2D eigenvalue weighted by Crippen LogP contribution is -2.40. The number of hydrogen-bond donors (Lipinski definition) is 1. The molecule has 0 spiro atoms. The fourth-order valence-electron chi connectivity index (χ4n) is 2.23. The Morgan fingerprint density at radius 2 is 2.05 bits per heavy atom. The van der Waals surface area contributed by atoms with Crippen LogP contribution in [0.15, 0.2) is 18.3 Å². The van der Waals surface area contributed by atoms with Gasteiger partial charge in [-0.3, -0.25) is 0 Å². The molecule has 1 aliphatic heterocycles. The van der Waals surface area contributed by atoms with Gasteiger partial charge >= 0.3 is 0 Å². The molecule has 1 aromatic rings. The zero-order valence-electron chi connectivity index (χ0n) is 10.9. The number of pyridine rings is 1. The standard InChI is InChI=1S/C13H19N3O2S/c17-19(18)7-5-16(6-8-19)13-9-11(3-4-14-13)10-15-12-1-2-12/h3-4,9,12,15H,1-2,5-8,10H2. The molecule has 1 aromatic heterocycles. The summed E-state index contributed by atoms with van der Waals surface area (Å²) in [6.07, 6.45) is 4.37. The van der Waals surface area contributed by atoms with Gasteiger partial charge in [0.2, 0.25) is 0 Å². The molecule has 2 fully saturated rings. The molecule has 1 saturated heterocycles. The van der Waals surface area contributed by atoms with Gasteiger partial charge < -0.3 is 10.2 Å². The van der Waals surface area contributed by atoms with E-state index in [-0.39, 0.29) is 11.5 Å². The van der Waals surface area contributed by atoms with Gasteiger partial charge in [0.1, 0.15) is 5.82 Å². The van der Waals surface area contributed by atoms with Crippen LogP contribution in [0.5, 0.6) is 0 Å². The average molecular weight is 281 g/mol. The van der Waals surface area contributed by atoms with Crippen LogP contribution in [0.3, 0.4) is 0 Å². The minimum atomic E-state index is -2.83. The zero-order valence-corrected chi connectivity index (χ0v) is 11.7. The number of nitrogens with zero attached hydrogens (tertiary/aromatic N) is 2. The van der Waals surface area contributed by atoms with Crippen LogP contribution in [0.1, 0.15) is 18.4 Å². The molecule has 0 bridgehead atoms. The molecule has 2 aliphatic rings. The van der Waals surface area contributed by atoms with Crippen LogP contribution in [-0.4, -0.2) is 44.0 Å². The van der Waals surface area contributed by atoms with E-state index in [9.17, 15) is 8.42 Å². The first kappa shape index (κ1) is 12.9. The lowest BCUT2D eigenvalue weighted by atomic mass is 10.2. The molecule has 104 valence electrons. The average Bonchev–Trinajstić information content (AvgIpc) is 3.21. The molecule has 0 atom stereocenters. The third-order valence-electron chi connectivity index (χ3n) is 3.65. The van der Waals surface area contributed by atoms with E-state index in [0.717, 1.165) is 12.4 Å². The molecule has 3 rings (SSSR count). The van der Waals surface area contributed by atoms with E-state index in [2.05, 4.69) is 21.3 Å². The van der Waals surface area contributed by atoms with Crippen molar-refractivity contribution < 1.29 is 8.42 Å². The highest BCUT2D eigenvalue weighted by atomic mass is 32.2. The molecule has 0 aromatic carbocycles. The highest BCUT2D eigenvalue weighted by molar-refractivity contribution is 7.91. The van der Waals surface area contributed by atoms with Crippen molar-refractivity contribution in [3.8, 4) is 0 Å². The first-order valence-corrected chi connectivity index (χ1v) is 8.58. The molecule has 1 saturated carbocycles. The van der Waals surface area contributed by atoms with Crippen LogP contribution in [0.4, 0.5) is 5.82 Å². The van der Waals surface area contributed by atoms with E-state index >= 15 is 0 Å². The number of aromatic nitrogens is 1. The Kier molecular flexibility index (Phi) is 3.45. The summed E-state index contributed by atoms with van der Waals surface area (Å²) in [5.41, 5.74) is 1.21. The number of rotatable bonds is 4. The van der Waals surface area contributed by atoms with E-state index in [1.54, 1.807) is 0 Å². The summed E-state index contributed by atoms with van der Waals surface area (Å²) in [4.78, 5) is 6.41. The highest BCUT2D eigenvalue weighted by Crippen LogP contribution is 2.20. The van der Waals surface area contributed by atoms with Crippen molar-refractivity contribution in [3.05, 3.63) is 23.9 Å². The third kappa shape index (κ3) is 3.45. The quantitative estimate of drug-likeness (QED) is 0.874. The Bertz CT molecular complexity index is 541. The smallest absolute Gasteiger partial charge is 0.153 e. The van der Waals surface area contributed by atoms with Gasteiger partial charge in [-0.05, 0) is 30.5 Å². The molecule has 19 heavy (non-hydrogen) atoms. The Labute approximate surface area is 113 Å². The fraction of sp³-hybridized carbons (Fsp3) is 0.615. The van der Waals surface area contributed by atoms with Crippen LogP contribution in [0.2, 0.25) is 0 Å². The molecule has 0 unspecified atom stereocenters. The largest absolute Gasteiger partial charge is 0.355 e. The SMILES string of the molecule is O=S1(=O)CCN(c2cc(CNC3CC3)ccn2)CC1. The molecule has 1 N–H and O–H groups in total. The van der Waals surface area contributed by atoms with Gasteiger partial charge in [0.25, 0.3) is 0 Å². The maximum absolute atomic E-state index is 11.4. The Balaban J connectivity index is 1.65. The van der Waals surface area contributed by atoms with Gasteiger partial charge in [-0.2, -0.15) is 0 Å². The monoisotopic (exact) mass is 281 g/mol. The molecular formula is C13H19N3O2S. The second-order valence-electron chi connectivity index (χ2n) is 5.32. The minimum absolute atomic E-state index is 0.235. The van der Waals surface area contributed by atoms with E-state index in [1.165, 1.54) is 18.4 Å². The van der Waals surface area contributed by atoms with Crippen molar-refractivity contribution in [1.82, 2.24) is 10.3 Å². The fourth-order valence-corrected chi connectivity index (χ4v) is 3.44. The van der Waals surface area contributed by atoms with Gasteiger partial charge in [-0.25, -0.2) is 13.4 Å². The molecule has 6 heteroatoms. The summed E-state index contributed by atoms with van der Waals surface area (Å²) >= 11 is 0. The predicted octanol–water partition coefficient (Wildman–Crippen LogP) is 0.568. The molecule has 5 nitrogen and oxygen atoms in total. The van der Waals surface area contributed by atoms with Crippen molar-refractivity contribution in [3.63, 3.8) is 0 Å². The molecule has 2 heterocycles.